The van der Waals surface area contributed by atoms with E-state index in [1.165, 1.54) is 19.1 Å². The first-order valence-corrected chi connectivity index (χ1v) is 13.1. The highest BCUT2D eigenvalue weighted by Gasteiger charge is 2.36. The molecule has 0 saturated carbocycles. The Bertz CT molecular complexity index is 1210. The van der Waals surface area contributed by atoms with Gasteiger partial charge in [-0.05, 0) is 48.4 Å². The molecule has 3 N–H and O–H groups in total. The molecule has 5 nitrogen and oxygen atoms in total. The minimum Gasteiger partial charge on any atom is -0.361 e. The Hall–Kier alpha value is -1.83. The second-order valence-corrected chi connectivity index (χ2v) is 10.8. The lowest BCUT2D eigenvalue weighted by Crippen LogP contribution is -2.41. The van der Waals surface area contributed by atoms with Gasteiger partial charge >= 0.3 is 12.2 Å². The summed E-state index contributed by atoms with van der Waals surface area (Å²) in [6.45, 7) is 1.42. The summed E-state index contributed by atoms with van der Waals surface area (Å²) >= 11 is 17.7. The summed E-state index contributed by atoms with van der Waals surface area (Å²) in [5.74, 6) is -6.08. The molecule has 3 atom stereocenters. The molecule has 0 fully saturated rings. The molecule has 1 amide bonds. The summed E-state index contributed by atoms with van der Waals surface area (Å²) in [6.07, 6.45) is -5.38. The predicted molar refractivity (Wildman–Crippen MR) is 136 cm³/mol. The van der Waals surface area contributed by atoms with E-state index in [0.29, 0.717) is 6.08 Å². The van der Waals surface area contributed by atoms with Crippen LogP contribution in [0.15, 0.2) is 36.4 Å². The van der Waals surface area contributed by atoms with E-state index in [0.717, 1.165) is 25.3 Å². The number of hydrogen-bond acceptors (Lipinski definition) is 4. The maximum Gasteiger partial charge on any atom is 0.400 e. The van der Waals surface area contributed by atoms with E-state index < -0.39 is 58.4 Å². The fourth-order valence-electron chi connectivity index (χ4n) is 3.30. The number of methoxy groups -OCH3 is 1. The van der Waals surface area contributed by atoms with Gasteiger partial charge in [0, 0.05) is 29.0 Å². The monoisotopic (exact) mass is 624 g/mol. The van der Waals surface area contributed by atoms with Crippen molar-refractivity contribution in [1.82, 2.24) is 5.32 Å². The van der Waals surface area contributed by atoms with Crippen molar-refractivity contribution in [2.75, 3.05) is 18.6 Å². The van der Waals surface area contributed by atoms with Crippen LogP contribution in [0.4, 0.5) is 26.3 Å². The first kappa shape index (κ1) is 32.4. The fourth-order valence-corrected chi connectivity index (χ4v) is 4.95. The van der Waals surface area contributed by atoms with Gasteiger partial charge in [0.1, 0.15) is 17.8 Å². The molecule has 0 radical (unpaired) electrons. The molecule has 0 aromatic heterocycles. The molecule has 0 aliphatic rings. The lowest BCUT2D eigenvalue weighted by molar-refractivity contribution is -0.105. The molecule has 0 aliphatic heterocycles. The van der Waals surface area contributed by atoms with E-state index in [4.69, 9.17) is 45.3 Å². The number of aryl methyl sites for hydroxylation is 1. The number of nitrogens with one attached hydrogen (secondary N) is 1. The van der Waals surface area contributed by atoms with Crippen molar-refractivity contribution in [1.29, 1.82) is 0 Å². The van der Waals surface area contributed by atoms with Gasteiger partial charge in [0.2, 0.25) is 0 Å². The molecule has 2 rings (SSSR count). The maximum absolute atomic E-state index is 15.1. The number of benzene rings is 2. The third kappa shape index (κ3) is 9.13. The predicted octanol–water partition coefficient (Wildman–Crippen LogP) is 6.61. The topological polar surface area (TPSA) is 81.4 Å². The Labute approximate surface area is 231 Å². The van der Waals surface area contributed by atoms with Crippen LogP contribution in [-0.4, -0.2) is 47.2 Å². The van der Waals surface area contributed by atoms with Crippen molar-refractivity contribution in [3.8, 4) is 0 Å². The molecule has 0 spiro atoms. The fraction of sp³-hybridized carbons (Fsp3) is 0.348. The zero-order chi connectivity index (χ0) is 29.0. The van der Waals surface area contributed by atoms with E-state index in [1.54, 1.807) is 0 Å². The summed E-state index contributed by atoms with van der Waals surface area (Å²) in [7, 11) is -1.25. The second kappa shape index (κ2) is 13.0. The van der Waals surface area contributed by atoms with Gasteiger partial charge in [-0.1, -0.05) is 40.9 Å². The molecule has 3 unspecified atom stereocenters. The van der Waals surface area contributed by atoms with Crippen LogP contribution in [0.5, 0.6) is 0 Å². The maximum atomic E-state index is 15.1. The number of ether oxygens (including phenoxy) is 1. The molecular formula is C23H21Cl3F6N2O3S. The zero-order valence-corrected chi connectivity index (χ0v) is 22.7. The van der Waals surface area contributed by atoms with Crippen LogP contribution in [0.3, 0.4) is 0 Å². The van der Waals surface area contributed by atoms with Crippen LogP contribution in [0.2, 0.25) is 15.1 Å². The van der Waals surface area contributed by atoms with Crippen LogP contribution < -0.4 is 11.1 Å². The van der Waals surface area contributed by atoms with Crippen molar-refractivity contribution in [3.63, 3.8) is 0 Å². The lowest BCUT2D eigenvalue weighted by Gasteiger charge is -2.22. The van der Waals surface area contributed by atoms with Crippen LogP contribution in [0.25, 0.3) is 5.83 Å². The highest BCUT2D eigenvalue weighted by Crippen LogP contribution is 2.39. The number of hydrogen-bond donors (Lipinski definition) is 2. The summed E-state index contributed by atoms with van der Waals surface area (Å²) in [6, 6.07) is 1.74. The summed E-state index contributed by atoms with van der Waals surface area (Å²) < 4.78 is 97.3. The van der Waals surface area contributed by atoms with E-state index in [9.17, 15) is 31.0 Å². The van der Waals surface area contributed by atoms with Crippen molar-refractivity contribution in [2.24, 2.45) is 5.73 Å². The van der Waals surface area contributed by atoms with Gasteiger partial charge in [-0.25, -0.2) is 4.39 Å². The SMILES string of the molecule is COC(CS(=O)CC(F)(F)F)NC(=O)c1ccc(/C(F)=C/C(c2cc(Cl)c(Cl)c(Cl)c2)C(N)(F)F)cc1C. The standard InChI is InChI=1S/C23H21Cl3F6N2O3S/c1-11-5-12(3-4-14(11)21(35)34-19(37-2)9-38(36)10-22(28,29)30)18(27)8-15(23(31,32)33)13-6-16(24)20(26)17(25)7-13/h3-8,15,19H,9-10,33H2,1-2H3,(H,34,35)/b18-8-. The third-order valence-electron chi connectivity index (χ3n) is 5.08. The minimum atomic E-state index is -4.66. The van der Waals surface area contributed by atoms with Crippen LogP contribution in [-0.2, 0) is 15.5 Å². The van der Waals surface area contributed by atoms with Gasteiger partial charge < -0.3 is 10.1 Å². The Kier molecular flexibility index (Phi) is 11.1. The molecule has 2 aromatic carbocycles. The number of amides is 1. The van der Waals surface area contributed by atoms with Gasteiger partial charge in [0.25, 0.3) is 5.91 Å². The molecule has 0 saturated heterocycles. The number of rotatable bonds is 10. The quantitative estimate of drug-likeness (QED) is 0.135. The molecule has 2 aromatic rings. The van der Waals surface area contributed by atoms with Gasteiger partial charge in [0.05, 0.1) is 26.7 Å². The number of carbonyl (C=O) groups is 1. The Morgan fingerprint density at radius 3 is 2.18 bits per heavy atom. The molecule has 15 heteroatoms. The lowest BCUT2D eigenvalue weighted by atomic mass is 9.94. The first-order chi connectivity index (χ1) is 17.4. The first-order valence-electron chi connectivity index (χ1n) is 10.5. The van der Waals surface area contributed by atoms with Crippen LogP contribution in [0, 0.1) is 6.92 Å². The van der Waals surface area contributed by atoms with Crippen molar-refractivity contribution >= 4 is 57.3 Å². The van der Waals surface area contributed by atoms with E-state index >= 15 is 4.39 Å². The molecule has 0 bridgehead atoms. The average Bonchev–Trinajstić information content (AvgIpc) is 2.77. The Balaban J connectivity index is 2.28. The van der Waals surface area contributed by atoms with Gasteiger partial charge in [-0.3, -0.25) is 14.7 Å². The van der Waals surface area contributed by atoms with Crippen LogP contribution in [0.1, 0.15) is 33.0 Å². The van der Waals surface area contributed by atoms with E-state index in [-0.39, 0.29) is 37.3 Å². The smallest absolute Gasteiger partial charge is 0.361 e. The van der Waals surface area contributed by atoms with E-state index in [2.05, 4.69) is 5.32 Å². The number of carbonyl (C=O) groups excluding carboxylic acids is 1. The molecular weight excluding hydrogens is 605 g/mol. The molecule has 0 aliphatic carbocycles. The van der Waals surface area contributed by atoms with Gasteiger partial charge in [0.15, 0.2) is 0 Å². The largest absolute Gasteiger partial charge is 0.400 e. The van der Waals surface area contributed by atoms with Gasteiger partial charge in [-0.2, -0.15) is 22.0 Å². The number of nitrogens with two attached hydrogens (primary N) is 1. The highest BCUT2D eigenvalue weighted by molar-refractivity contribution is 7.85. The summed E-state index contributed by atoms with van der Waals surface area (Å²) in [5.41, 5.74) is 4.80. The minimum absolute atomic E-state index is 0.0119. The third-order valence-corrected chi connectivity index (χ3v) is 7.60. The van der Waals surface area contributed by atoms with Crippen molar-refractivity contribution in [2.45, 2.75) is 31.3 Å². The zero-order valence-electron chi connectivity index (χ0n) is 19.6. The Morgan fingerprint density at radius 2 is 1.71 bits per heavy atom. The van der Waals surface area contributed by atoms with Crippen LogP contribution >= 0.6 is 34.8 Å². The highest BCUT2D eigenvalue weighted by atomic mass is 35.5. The van der Waals surface area contributed by atoms with E-state index in [1.807, 2.05) is 0 Å². The molecule has 38 heavy (non-hydrogen) atoms. The number of alkyl halides is 5. The second-order valence-electron chi connectivity index (χ2n) is 8.06. The average molecular weight is 626 g/mol. The normalized spacial score (nSPS) is 15.2. The molecule has 210 valence electrons. The van der Waals surface area contributed by atoms with Crippen molar-refractivity contribution < 1.29 is 40.1 Å². The number of halogens is 9. The van der Waals surface area contributed by atoms with Gasteiger partial charge in [-0.15, -0.1) is 0 Å². The summed E-state index contributed by atoms with van der Waals surface area (Å²) in [4.78, 5) is 12.6. The Morgan fingerprint density at radius 1 is 1.13 bits per heavy atom. The summed E-state index contributed by atoms with van der Waals surface area (Å²) in [5, 5.41) is 1.94. The molecule has 0 heterocycles. The van der Waals surface area contributed by atoms with Crippen molar-refractivity contribution in [3.05, 3.63) is 73.7 Å².